The van der Waals surface area contributed by atoms with E-state index in [1.54, 1.807) is 55.6 Å². The molecule has 2 bridgehead atoms. The number of fused-ring (bicyclic) bond motifs is 5. The van der Waals surface area contributed by atoms with Gasteiger partial charge >= 0.3 is 0 Å². The predicted octanol–water partition coefficient (Wildman–Crippen LogP) is 3.48. The Morgan fingerprint density at radius 1 is 1.00 bits per heavy atom. The van der Waals surface area contributed by atoms with Gasteiger partial charge in [-0.2, -0.15) is 0 Å². The van der Waals surface area contributed by atoms with E-state index in [0.29, 0.717) is 34.5 Å². The van der Waals surface area contributed by atoms with Crippen molar-refractivity contribution in [3.63, 3.8) is 0 Å². The molecule has 2 aliphatic carbocycles. The number of hydrogen-bond acceptors (Lipinski definition) is 4. The standard InChI is InChI=1S/C23H22N2O4/c1-29-18-9-7-16(8-10-18)24-21(26)15-3-2-4-17(12-15)25-22(27)19-13-5-6-14(11-13)20(19)23(25)28/h2-4,7-10,12-14,19-20H,5-6,11H2,1H3,(H,24,26)/t13-,14-,19-,20+/m0/s1. The van der Waals surface area contributed by atoms with Crippen molar-refractivity contribution in [1.82, 2.24) is 0 Å². The monoisotopic (exact) mass is 390 g/mol. The minimum Gasteiger partial charge on any atom is -0.497 e. The molecular formula is C23H22N2O4. The second kappa shape index (κ2) is 6.72. The summed E-state index contributed by atoms with van der Waals surface area (Å²) in [6.07, 6.45) is 3.09. The molecule has 29 heavy (non-hydrogen) atoms. The highest BCUT2D eigenvalue weighted by Crippen LogP contribution is 2.56. The van der Waals surface area contributed by atoms with Gasteiger partial charge in [-0.3, -0.25) is 19.3 Å². The van der Waals surface area contributed by atoms with E-state index in [-0.39, 0.29) is 29.6 Å². The lowest BCUT2D eigenvalue weighted by Crippen LogP contribution is -2.33. The summed E-state index contributed by atoms with van der Waals surface area (Å²) in [5.74, 6) is 0.559. The number of methoxy groups -OCH3 is 1. The molecular weight excluding hydrogens is 368 g/mol. The number of amides is 3. The second-order valence-electron chi connectivity index (χ2n) is 8.13. The Bertz CT molecular complexity index is 972. The first-order valence-corrected chi connectivity index (χ1v) is 10.00. The van der Waals surface area contributed by atoms with Crippen molar-refractivity contribution < 1.29 is 19.1 Å². The molecule has 0 aromatic heterocycles. The van der Waals surface area contributed by atoms with E-state index >= 15 is 0 Å². The van der Waals surface area contributed by atoms with Gasteiger partial charge in [-0.25, -0.2) is 0 Å². The molecule has 0 spiro atoms. The Morgan fingerprint density at radius 3 is 2.28 bits per heavy atom. The average molecular weight is 390 g/mol. The number of hydrogen-bond donors (Lipinski definition) is 1. The fourth-order valence-corrected chi connectivity index (χ4v) is 5.33. The summed E-state index contributed by atoms with van der Waals surface area (Å²) in [5, 5.41) is 2.83. The minimum atomic E-state index is -0.295. The van der Waals surface area contributed by atoms with Crippen LogP contribution in [0.5, 0.6) is 5.75 Å². The highest BCUT2D eigenvalue weighted by Gasteiger charge is 2.61. The van der Waals surface area contributed by atoms with E-state index < -0.39 is 0 Å². The Kier molecular flexibility index (Phi) is 4.15. The van der Waals surface area contributed by atoms with E-state index in [0.717, 1.165) is 19.3 Å². The third kappa shape index (κ3) is 2.82. The number of ether oxygens (including phenoxy) is 1. The number of rotatable bonds is 4. The fourth-order valence-electron chi connectivity index (χ4n) is 5.33. The van der Waals surface area contributed by atoms with Crippen molar-refractivity contribution >= 4 is 29.1 Å². The van der Waals surface area contributed by atoms with Gasteiger partial charge < -0.3 is 10.1 Å². The van der Waals surface area contributed by atoms with Gasteiger partial charge in [0.15, 0.2) is 0 Å². The van der Waals surface area contributed by atoms with Gasteiger partial charge in [0.2, 0.25) is 11.8 Å². The van der Waals surface area contributed by atoms with Crippen LogP contribution in [-0.4, -0.2) is 24.8 Å². The summed E-state index contributed by atoms with van der Waals surface area (Å²) < 4.78 is 5.12. The van der Waals surface area contributed by atoms with Crippen LogP contribution in [0.15, 0.2) is 48.5 Å². The van der Waals surface area contributed by atoms with Crippen LogP contribution in [0, 0.1) is 23.7 Å². The lowest BCUT2D eigenvalue weighted by atomic mass is 9.81. The normalized spacial score (nSPS) is 27.3. The highest BCUT2D eigenvalue weighted by atomic mass is 16.5. The molecule has 4 atom stereocenters. The average Bonchev–Trinajstić information content (AvgIpc) is 3.42. The summed E-state index contributed by atoms with van der Waals surface area (Å²) in [6.45, 7) is 0. The van der Waals surface area contributed by atoms with Gasteiger partial charge in [-0.15, -0.1) is 0 Å². The van der Waals surface area contributed by atoms with Crippen LogP contribution in [0.2, 0.25) is 0 Å². The number of carbonyl (C=O) groups excluding carboxylic acids is 3. The topological polar surface area (TPSA) is 75.7 Å². The number of nitrogens with one attached hydrogen (secondary N) is 1. The number of benzene rings is 2. The van der Waals surface area contributed by atoms with Gasteiger partial charge in [0.1, 0.15) is 5.75 Å². The smallest absolute Gasteiger partial charge is 0.255 e. The molecule has 2 saturated carbocycles. The molecule has 1 N–H and O–H groups in total. The summed E-state index contributed by atoms with van der Waals surface area (Å²) in [5.41, 5.74) is 1.52. The molecule has 6 heteroatoms. The van der Waals surface area contributed by atoms with E-state index in [9.17, 15) is 14.4 Å². The van der Waals surface area contributed by atoms with Crippen LogP contribution < -0.4 is 15.0 Å². The maximum Gasteiger partial charge on any atom is 0.255 e. The molecule has 6 nitrogen and oxygen atoms in total. The Labute approximate surface area is 168 Å². The summed E-state index contributed by atoms with van der Waals surface area (Å²) >= 11 is 0. The molecule has 5 rings (SSSR count). The Hall–Kier alpha value is -3.15. The van der Waals surface area contributed by atoms with E-state index in [1.807, 2.05) is 0 Å². The molecule has 2 aromatic carbocycles. The SMILES string of the molecule is COc1ccc(NC(=O)c2cccc(N3C(=O)[C@@H]4[C@H]5CC[C@@H](C5)[C@@H]4C3=O)c2)cc1. The number of imide groups is 1. The van der Waals surface area contributed by atoms with Crippen LogP contribution in [-0.2, 0) is 9.59 Å². The number of carbonyl (C=O) groups is 3. The lowest BCUT2D eigenvalue weighted by molar-refractivity contribution is -0.123. The molecule has 0 radical (unpaired) electrons. The number of nitrogens with zero attached hydrogens (tertiary/aromatic N) is 1. The van der Waals surface area contributed by atoms with Crippen molar-refractivity contribution in [3.05, 3.63) is 54.1 Å². The molecule has 3 amide bonds. The zero-order chi connectivity index (χ0) is 20.1. The fraction of sp³-hybridized carbons (Fsp3) is 0.348. The first kappa shape index (κ1) is 17.9. The quantitative estimate of drug-likeness (QED) is 0.811. The van der Waals surface area contributed by atoms with Gasteiger partial charge in [-0.1, -0.05) is 6.07 Å². The van der Waals surface area contributed by atoms with Crippen LogP contribution >= 0.6 is 0 Å². The van der Waals surface area contributed by atoms with Crippen LogP contribution in [0.1, 0.15) is 29.6 Å². The largest absolute Gasteiger partial charge is 0.497 e. The van der Waals surface area contributed by atoms with Crippen molar-refractivity contribution in [1.29, 1.82) is 0 Å². The molecule has 3 fully saturated rings. The maximum atomic E-state index is 13.0. The zero-order valence-corrected chi connectivity index (χ0v) is 16.1. The third-order valence-electron chi connectivity index (χ3n) is 6.64. The molecule has 1 heterocycles. The molecule has 1 aliphatic heterocycles. The lowest BCUT2D eigenvalue weighted by Gasteiger charge is -2.19. The molecule has 3 aliphatic rings. The van der Waals surface area contributed by atoms with Crippen molar-refractivity contribution in [2.45, 2.75) is 19.3 Å². The van der Waals surface area contributed by atoms with Crippen molar-refractivity contribution in [3.8, 4) is 5.75 Å². The van der Waals surface area contributed by atoms with Crippen molar-refractivity contribution in [2.75, 3.05) is 17.3 Å². The molecule has 148 valence electrons. The second-order valence-corrected chi connectivity index (χ2v) is 8.13. The highest BCUT2D eigenvalue weighted by molar-refractivity contribution is 6.23. The van der Waals surface area contributed by atoms with Gasteiger partial charge in [0.05, 0.1) is 24.6 Å². The van der Waals surface area contributed by atoms with Gasteiger partial charge in [0.25, 0.3) is 5.91 Å². The van der Waals surface area contributed by atoms with Crippen LogP contribution in [0.4, 0.5) is 11.4 Å². The van der Waals surface area contributed by atoms with E-state index in [1.165, 1.54) is 4.90 Å². The Morgan fingerprint density at radius 2 is 1.66 bits per heavy atom. The molecule has 2 aromatic rings. The van der Waals surface area contributed by atoms with Gasteiger partial charge in [0, 0.05) is 11.3 Å². The van der Waals surface area contributed by atoms with E-state index in [2.05, 4.69) is 5.32 Å². The van der Waals surface area contributed by atoms with E-state index in [4.69, 9.17) is 4.74 Å². The minimum absolute atomic E-state index is 0.0973. The van der Waals surface area contributed by atoms with Crippen LogP contribution in [0.25, 0.3) is 0 Å². The molecule has 0 unspecified atom stereocenters. The summed E-state index contributed by atoms with van der Waals surface area (Å²) in [7, 11) is 1.58. The van der Waals surface area contributed by atoms with Crippen LogP contribution in [0.3, 0.4) is 0 Å². The van der Waals surface area contributed by atoms with Crippen molar-refractivity contribution in [2.24, 2.45) is 23.7 Å². The predicted molar refractivity (Wildman–Crippen MR) is 108 cm³/mol. The summed E-state index contributed by atoms with van der Waals surface area (Å²) in [4.78, 5) is 40.0. The zero-order valence-electron chi connectivity index (χ0n) is 16.1. The Balaban J connectivity index is 1.37. The molecule has 1 saturated heterocycles. The third-order valence-corrected chi connectivity index (χ3v) is 6.64. The number of anilines is 2. The van der Waals surface area contributed by atoms with Gasteiger partial charge in [-0.05, 0) is 73.6 Å². The maximum absolute atomic E-state index is 13.0. The summed E-state index contributed by atoms with van der Waals surface area (Å²) in [6, 6.07) is 13.8. The first-order chi connectivity index (χ1) is 14.1. The first-order valence-electron chi connectivity index (χ1n) is 10.00.